The van der Waals surface area contributed by atoms with Gasteiger partial charge in [-0.2, -0.15) is 0 Å². The van der Waals surface area contributed by atoms with Crippen LogP contribution in [0, 0.1) is 0 Å². The second kappa shape index (κ2) is 5.88. The Balaban J connectivity index is 2.24. The van der Waals surface area contributed by atoms with Gasteiger partial charge in [0.25, 0.3) is 0 Å². The van der Waals surface area contributed by atoms with Gasteiger partial charge in [-0.05, 0) is 0 Å². The van der Waals surface area contributed by atoms with Crippen molar-refractivity contribution < 1.29 is 18.7 Å². The number of hydrogen-bond acceptors (Lipinski definition) is 6. The van der Waals surface area contributed by atoms with Crippen LogP contribution in [0.2, 0.25) is 0 Å². The summed E-state index contributed by atoms with van der Waals surface area (Å²) >= 11 is 0. The summed E-state index contributed by atoms with van der Waals surface area (Å²) in [7, 11) is 1.28. The molecule has 2 heterocycles. The maximum Gasteiger partial charge on any atom is 0.344 e. The first-order chi connectivity index (χ1) is 11.1. The van der Waals surface area contributed by atoms with Gasteiger partial charge in [-0.1, -0.05) is 30.3 Å². The van der Waals surface area contributed by atoms with Crippen molar-refractivity contribution in [2.24, 2.45) is 0 Å². The number of methoxy groups -OCH3 is 1. The van der Waals surface area contributed by atoms with Gasteiger partial charge >= 0.3 is 5.97 Å². The first kappa shape index (κ1) is 14.7. The van der Waals surface area contributed by atoms with Crippen LogP contribution < -0.4 is 5.32 Å². The van der Waals surface area contributed by atoms with Crippen LogP contribution in [0.15, 0.2) is 40.9 Å². The number of rotatable bonds is 3. The van der Waals surface area contributed by atoms with E-state index in [1.165, 1.54) is 20.2 Å². The highest BCUT2D eigenvalue weighted by atomic mass is 16.5. The highest BCUT2D eigenvalue weighted by molar-refractivity contribution is 6.07. The molecular weight excluding hydrogens is 298 g/mol. The monoisotopic (exact) mass is 311 g/mol. The van der Waals surface area contributed by atoms with Crippen molar-refractivity contribution in [2.45, 2.75) is 6.92 Å². The van der Waals surface area contributed by atoms with Crippen molar-refractivity contribution >= 4 is 28.9 Å². The molecule has 0 atom stereocenters. The normalized spacial score (nSPS) is 10.5. The van der Waals surface area contributed by atoms with Crippen LogP contribution in [-0.2, 0) is 9.53 Å². The molecule has 0 unspecified atom stereocenters. The number of nitrogens with zero attached hydrogens (tertiary/aromatic N) is 2. The van der Waals surface area contributed by atoms with Crippen molar-refractivity contribution in [1.82, 2.24) is 9.97 Å². The number of esters is 1. The van der Waals surface area contributed by atoms with E-state index in [9.17, 15) is 9.59 Å². The zero-order valence-electron chi connectivity index (χ0n) is 12.5. The third-order valence-corrected chi connectivity index (χ3v) is 3.13. The summed E-state index contributed by atoms with van der Waals surface area (Å²) in [5.74, 6) is -0.315. The second-order valence-corrected chi connectivity index (χ2v) is 4.75. The lowest BCUT2D eigenvalue weighted by Gasteiger charge is -2.01. The van der Waals surface area contributed by atoms with Crippen LogP contribution in [0.3, 0.4) is 0 Å². The van der Waals surface area contributed by atoms with Gasteiger partial charge in [0, 0.05) is 12.5 Å². The number of aromatic nitrogens is 2. The van der Waals surface area contributed by atoms with Gasteiger partial charge < -0.3 is 14.5 Å². The Morgan fingerprint density at radius 3 is 2.61 bits per heavy atom. The molecule has 0 aliphatic rings. The van der Waals surface area contributed by atoms with E-state index >= 15 is 0 Å². The average molecular weight is 311 g/mol. The van der Waals surface area contributed by atoms with Gasteiger partial charge in [0.05, 0.1) is 13.3 Å². The molecule has 1 amide bonds. The summed E-state index contributed by atoms with van der Waals surface area (Å²) in [6.45, 7) is 1.36. The number of ether oxygens (including phenoxy) is 1. The van der Waals surface area contributed by atoms with E-state index in [0.29, 0.717) is 11.3 Å². The van der Waals surface area contributed by atoms with E-state index in [1.807, 2.05) is 18.2 Å². The Morgan fingerprint density at radius 2 is 1.96 bits per heavy atom. The van der Waals surface area contributed by atoms with Crippen molar-refractivity contribution in [1.29, 1.82) is 0 Å². The molecule has 2 aromatic heterocycles. The predicted molar refractivity (Wildman–Crippen MR) is 82.9 cm³/mol. The summed E-state index contributed by atoms with van der Waals surface area (Å²) in [5.41, 5.74) is 1.31. The Morgan fingerprint density at radius 1 is 1.22 bits per heavy atom. The van der Waals surface area contributed by atoms with Gasteiger partial charge in [0.15, 0.2) is 11.6 Å². The van der Waals surface area contributed by atoms with Crippen LogP contribution in [0.4, 0.5) is 5.82 Å². The average Bonchev–Trinajstić information content (AvgIpc) is 2.93. The Hall–Kier alpha value is -3.22. The third-order valence-electron chi connectivity index (χ3n) is 3.13. The molecule has 3 aromatic rings. The molecule has 0 aliphatic carbocycles. The van der Waals surface area contributed by atoms with E-state index in [2.05, 4.69) is 15.3 Å². The predicted octanol–water partition coefficient (Wildman–Crippen LogP) is 2.63. The highest BCUT2D eigenvalue weighted by Crippen LogP contribution is 2.32. The first-order valence-corrected chi connectivity index (χ1v) is 6.81. The van der Waals surface area contributed by atoms with Gasteiger partial charge in [-0.15, -0.1) is 0 Å². The van der Waals surface area contributed by atoms with E-state index < -0.39 is 5.97 Å². The van der Waals surface area contributed by atoms with E-state index in [4.69, 9.17) is 9.15 Å². The standard InChI is InChI=1S/C16H13N3O4/c1-9(20)18-11-8-17-15-13(19-11)12(16(21)22-2)14(23-15)10-6-4-3-5-7-10/h3-8H,1-2H3,(H,18,19,20). The summed E-state index contributed by atoms with van der Waals surface area (Å²) in [5, 5.41) is 2.52. The number of amides is 1. The summed E-state index contributed by atoms with van der Waals surface area (Å²) in [6.07, 6.45) is 1.36. The molecule has 7 heteroatoms. The number of carbonyl (C=O) groups is 2. The largest absolute Gasteiger partial charge is 0.465 e. The minimum atomic E-state index is -0.586. The molecule has 0 saturated heterocycles. The zero-order valence-corrected chi connectivity index (χ0v) is 12.5. The number of fused-ring (bicyclic) bond motifs is 1. The van der Waals surface area contributed by atoms with Gasteiger partial charge in [-0.25, -0.2) is 14.8 Å². The number of hydrogen-bond donors (Lipinski definition) is 1. The molecule has 7 nitrogen and oxygen atoms in total. The molecule has 0 fully saturated rings. The van der Waals surface area contributed by atoms with Crippen LogP contribution in [-0.4, -0.2) is 29.0 Å². The molecule has 0 spiro atoms. The number of benzene rings is 1. The maximum absolute atomic E-state index is 12.2. The molecule has 116 valence electrons. The molecule has 0 aliphatic heterocycles. The van der Waals surface area contributed by atoms with Crippen molar-refractivity contribution in [3.8, 4) is 11.3 Å². The van der Waals surface area contributed by atoms with Gasteiger partial charge in [0.1, 0.15) is 11.1 Å². The number of nitrogens with one attached hydrogen (secondary N) is 1. The first-order valence-electron chi connectivity index (χ1n) is 6.81. The lowest BCUT2D eigenvalue weighted by molar-refractivity contribution is -0.114. The Kier molecular flexibility index (Phi) is 3.76. The molecule has 3 rings (SSSR count). The van der Waals surface area contributed by atoms with Crippen molar-refractivity contribution in [3.05, 3.63) is 42.1 Å². The van der Waals surface area contributed by atoms with Crippen LogP contribution in [0.25, 0.3) is 22.6 Å². The molecule has 0 bridgehead atoms. The Bertz CT molecular complexity index is 887. The zero-order chi connectivity index (χ0) is 16.4. The SMILES string of the molecule is COC(=O)c1c(-c2ccccc2)oc2ncc(NC(C)=O)nc12. The number of furan rings is 1. The molecule has 1 aromatic carbocycles. The Labute approximate surface area is 131 Å². The molecule has 1 N–H and O–H groups in total. The van der Waals surface area contributed by atoms with Gasteiger partial charge in [0.2, 0.25) is 11.6 Å². The fraction of sp³-hybridized carbons (Fsp3) is 0.125. The summed E-state index contributed by atoms with van der Waals surface area (Å²) in [6, 6.07) is 9.12. The summed E-state index contributed by atoms with van der Waals surface area (Å²) in [4.78, 5) is 31.7. The smallest absolute Gasteiger partial charge is 0.344 e. The fourth-order valence-electron chi connectivity index (χ4n) is 2.20. The fourth-order valence-corrected chi connectivity index (χ4v) is 2.20. The van der Waals surface area contributed by atoms with Crippen molar-refractivity contribution in [3.63, 3.8) is 0 Å². The third kappa shape index (κ3) is 2.76. The maximum atomic E-state index is 12.2. The van der Waals surface area contributed by atoms with Gasteiger partial charge in [-0.3, -0.25) is 4.79 Å². The van der Waals surface area contributed by atoms with E-state index in [1.54, 1.807) is 12.1 Å². The lowest BCUT2D eigenvalue weighted by atomic mass is 10.1. The topological polar surface area (TPSA) is 94.3 Å². The van der Waals surface area contributed by atoms with Crippen LogP contribution >= 0.6 is 0 Å². The van der Waals surface area contributed by atoms with E-state index in [-0.39, 0.29) is 28.5 Å². The van der Waals surface area contributed by atoms with Crippen LogP contribution in [0.5, 0.6) is 0 Å². The minimum Gasteiger partial charge on any atom is -0.465 e. The van der Waals surface area contributed by atoms with Crippen molar-refractivity contribution in [2.75, 3.05) is 12.4 Å². The molecule has 0 radical (unpaired) electrons. The lowest BCUT2D eigenvalue weighted by Crippen LogP contribution is -2.08. The molecular formula is C16H13N3O4. The van der Waals surface area contributed by atoms with Crippen LogP contribution in [0.1, 0.15) is 17.3 Å². The summed E-state index contributed by atoms with van der Waals surface area (Å²) < 4.78 is 10.5. The number of anilines is 1. The highest BCUT2D eigenvalue weighted by Gasteiger charge is 2.25. The molecule has 0 saturated carbocycles. The quantitative estimate of drug-likeness (QED) is 0.747. The molecule has 23 heavy (non-hydrogen) atoms. The minimum absolute atomic E-state index is 0.174. The number of carbonyl (C=O) groups excluding carboxylic acids is 2. The van der Waals surface area contributed by atoms with E-state index in [0.717, 1.165) is 0 Å². The second-order valence-electron chi connectivity index (χ2n) is 4.75.